The van der Waals surface area contributed by atoms with Gasteiger partial charge in [-0.2, -0.15) is 5.26 Å². The molecule has 0 heterocycles. The van der Waals surface area contributed by atoms with Crippen molar-refractivity contribution in [1.29, 1.82) is 5.26 Å². The van der Waals surface area contributed by atoms with Crippen LogP contribution >= 0.6 is 0 Å². The number of nitrogens with zero attached hydrogens (tertiary/aromatic N) is 2. The van der Waals surface area contributed by atoms with Gasteiger partial charge < -0.3 is 4.90 Å². The smallest absolute Gasteiger partial charge is 0.105 e. The lowest BCUT2D eigenvalue weighted by Gasteiger charge is -2.31. The van der Waals surface area contributed by atoms with Crippen LogP contribution in [0, 0.1) is 11.3 Å². The molecule has 1 N–H and O–H groups in total. The van der Waals surface area contributed by atoms with Gasteiger partial charge in [0.2, 0.25) is 0 Å². The Bertz CT molecular complexity index is 242. The van der Waals surface area contributed by atoms with Gasteiger partial charge >= 0.3 is 0 Å². The topological polar surface area (TPSA) is 39.1 Å². The molecule has 15 heavy (non-hydrogen) atoms. The molecule has 0 aromatic carbocycles. The summed E-state index contributed by atoms with van der Waals surface area (Å²) in [5, 5.41) is 12.7. The van der Waals surface area contributed by atoms with Crippen molar-refractivity contribution in [3.05, 3.63) is 0 Å². The van der Waals surface area contributed by atoms with Crippen molar-refractivity contribution in [2.24, 2.45) is 0 Å². The van der Waals surface area contributed by atoms with E-state index in [2.05, 4.69) is 37.2 Å². The second kappa shape index (κ2) is 4.96. The van der Waals surface area contributed by atoms with E-state index in [4.69, 9.17) is 0 Å². The molecule has 1 aliphatic carbocycles. The molecule has 0 aromatic heterocycles. The zero-order chi connectivity index (χ0) is 11.5. The summed E-state index contributed by atoms with van der Waals surface area (Å²) in [6, 6.07) is 3.46. The minimum absolute atomic E-state index is 0.357. The number of hydrogen-bond acceptors (Lipinski definition) is 3. The molecule has 3 heteroatoms. The van der Waals surface area contributed by atoms with Crippen molar-refractivity contribution in [3.63, 3.8) is 0 Å². The van der Waals surface area contributed by atoms with Crippen LogP contribution in [0.1, 0.15) is 40.0 Å². The van der Waals surface area contributed by atoms with E-state index in [1.54, 1.807) is 0 Å². The van der Waals surface area contributed by atoms with Crippen LogP contribution in [0.3, 0.4) is 0 Å². The lowest BCUT2D eigenvalue weighted by atomic mass is 9.94. The third-order valence-corrected chi connectivity index (χ3v) is 3.30. The molecule has 1 rings (SSSR count). The highest BCUT2D eigenvalue weighted by Gasteiger charge is 2.34. The molecular weight excluding hydrogens is 186 g/mol. The molecule has 0 saturated heterocycles. The Morgan fingerprint density at radius 2 is 2.20 bits per heavy atom. The van der Waals surface area contributed by atoms with E-state index in [0.29, 0.717) is 12.1 Å². The summed E-state index contributed by atoms with van der Waals surface area (Å²) >= 11 is 0. The van der Waals surface area contributed by atoms with E-state index in [1.165, 1.54) is 12.8 Å². The minimum atomic E-state index is -0.357. The van der Waals surface area contributed by atoms with Crippen LogP contribution in [0.15, 0.2) is 0 Å². The Kier molecular flexibility index (Phi) is 4.12. The van der Waals surface area contributed by atoms with Crippen LogP contribution in [0.4, 0.5) is 0 Å². The first-order chi connectivity index (χ1) is 7.00. The van der Waals surface area contributed by atoms with Crippen LogP contribution in [-0.2, 0) is 0 Å². The van der Waals surface area contributed by atoms with E-state index in [1.807, 2.05) is 6.92 Å². The molecule has 0 amide bonds. The van der Waals surface area contributed by atoms with Crippen LogP contribution < -0.4 is 5.32 Å². The van der Waals surface area contributed by atoms with Crippen LogP contribution in [0.25, 0.3) is 0 Å². The van der Waals surface area contributed by atoms with Crippen molar-refractivity contribution in [2.45, 2.75) is 57.7 Å². The molecular formula is C12H23N3. The minimum Gasteiger partial charge on any atom is -0.304 e. The molecule has 1 aliphatic rings. The second-order valence-electron chi connectivity index (χ2n) is 4.99. The molecule has 0 aliphatic heterocycles. The Balaban J connectivity index is 2.47. The third-order valence-electron chi connectivity index (χ3n) is 3.30. The summed E-state index contributed by atoms with van der Waals surface area (Å²) in [6.07, 6.45) is 3.36. The monoisotopic (exact) mass is 209 g/mol. The standard InChI is InChI=1S/C12H23N3/c1-5-15(4)10(2)8-12(3,9-13)14-11-6-7-11/h10-11,14H,5-8H2,1-4H3. The van der Waals surface area contributed by atoms with Gasteiger partial charge in [-0.25, -0.2) is 0 Å². The fourth-order valence-corrected chi connectivity index (χ4v) is 1.87. The fourth-order valence-electron chi connectivity index (χ4n) is 1.87. The average Bonchev–Trinajstić information content (AvgIpc) is 3.00. The second-order valence-corrected chi connectivity index (χ2v) is 4.99. The summed E-state index contributed by atoms with van der Waals surface area (Å²) < 4.78 is 0. The van der Waals surface area contributed by atoms with Crippen LogP contribution in [-0.4, -0.2) is 36.1 Å². The van der Waals surface area contributed by atoms with Crippen LogP contribution in [0.5, 0.6) is 0 Å². The molecule has 86 valence electrons. The Morgan fingerprint density at radius 1 is 1.60 bits per heavy atom. The van der Waals surface area contributed by atoms with Crippen molar-refractivity contribution in [2.75, 3.05) is 13.6 Å². The summed E-state index contributed by atoms with van der Waals surface area (Å²) in [4.78, 5) is 2.28. The molecule has 2 unspecified atom stereocenters. The molecule has 1 fully saturated rings. The zero-order valence-corrected chi connectivity index (χ0v) is 10.4. The van der Waals surface area contributed by atoms with Gasteiger partial charge in [-0.15, -0.1) is 0 Å². The number of hydrogen-bond donors (Lipinski definition) is 1. The maximum atomic E-state index is 9.23. The van der Waals surface area contributed by atoms with Crippen molar-refractivity contribution in [3.8, 4) is 6.07 Å². The van der Waals surface area contributed by atoms with E-state index >= 15 is 0 Å². The lowest BCUT2D eigenvalue weighted by Crippen LogP contribution is -2.47. The molecule has 2 atom stereocenters. The van der Waals surface area contributed by atoms with Gasteiger partial charge in [0.05, 0.1) is 6.07 Å². The molecule has 0 aromatic rings. The fraction of sp³-hybridized carbons (Fsp3) is 0.917. The van der Waals surface area contributed by atoms with Gasteiger partial charge in [-0.3, -0.25) is 5.32 Å². The summed E-state index contributed by atoms with van der Waals surface area (Å²) in [5.41, 5.74) is -0.357. The molecule has 0 radical (unpaired) electrons. The van der Waals surface area contributed by atoms with Gasteiger partial charge in [0.1, 0.15) is 5.54 Å². The van der Waals surface area contributed by atoms with Crippen molar-refractivity contribution < 1.29 is 0 Å². The highest BCUT2D eigenvalue weighted by molar-refractivity contribution is 5.08. The van der Waals surface area contributed by atoms with Gasteiger partial charge in [0.25, 0.3) is 0 Å². The average molecular weight is 209 g/mol. The van der Waals surface area contributed by atoms with Crippen molar-refractivity contribution >= 4 is 0 Å². The highest BCUT2D eigenvalue weighted by Crippen LogP contribution is 2.25. The van der Waals surface area contributed by atoms with E-state index in [0.717, 1.165) is 13.0 Å². The Morgan fingerprint density at radius 3 is 2.60 bits per heavy atom. The number of rotatable bonds is 6. The maximum absolute atomic E-state index is 9.23. The van der Waals surface area contributed by atoms with Crippen LogP contribution in [0.2, 0.25) is 0 Å². The first-order valence-corrected chi connectivity index (χ1v) is 5.90. The maximum Gasteiger partial charge on any atom is 0.105 e. The largest absolute Gasteiger partial charge is 0.304 e. The quantitative estimate of drug-likeness (QED) is 0.724. The molecule has 0 bridgehead atoms. The first-order valence-electron chi connectivity index (χ1n) is 5.90. The predicted molar refractivity (Wildman–Crippen MR) is 62.6 cm³/mol. The highest BCUT2D eigenvalue weighted by atomic mass is 15.1. The third kappa shape index (κ3) is 3.81. The van der Waals surface area contributed by atoms with E-state index in [9.17, 15) is 5.26 Å². The summed E-state index contributed by atoms with van der Waals surface area (Å²) in [7, 11) is 2.11. The zero-order valence-electron chi connectivity index (χ0n) is 10.4. The van der Waals surface area contributed by atoms with E-state index in [-0.39, 0.29) is 5.54 Å². The Hall–Kier alpha value is -0.590. The molecule has 1 saturated carbocycles. The SMILES string of the molecule is CCN(C)C(C)CC(C)(C#N)NC1CC1. The van der Waals surface area contributed by atoms with Gasteiger partial charge in [-0.1, -0.05) is 6.92 Å². The number of nitrogens with one attached hydrogen (secondary N) is 1. The van der Waals surface area contributed by atoms with Crippen molar-refractivity contribution in [1.82, 2.24) is 10.2 Å². The van der Waals surface area contributed by atoms with Gasteiger partial charge in [-0.05, 0) is 46.7 Å². The Labute approximate surface area is 93.5 Å². The summed E-state index contributed by atoms with van der Waals surface area (Å²) in [6.45, 7) is 7.39. The first kappa shape index (κ1) is 12.5. The van der Waals surface area contributed by atoms with E-state index < -0.39 is 0 Å². The van der Waals surface area contributed by atoms with Gasteiger partial charge in [0.15, 0.2) is 0 Å². The molecule has 0 spiro atoms. The molecule has 3 nitrogen and oxygen atoms in total. The lowest BCUT2D eigenvalue weighted by molar-refractivity contribution is 0.221. The predicted octanol–water partition coefficient (Wildman–Crippen LogP) is 1.75. The van der Waals surface area contributed by atoms with Gasteiger partial charge in [0, 0.05) is 12.1 Å². The summed E-state index contributed by atoms with van der Waals surface area (Å²) in [5.74, 6) is 0. The normalized spacial score (nSPS) is 22.1. The number of nitriles is 1.